The second-order valence-corrected chi connectivity index (χ2v) is 4.09. The van der Waals surface area contributed by atoms with E-state index >= 15 is 0 Å². The summed E-state index contributed by atoms with van der Waals surface area (Å²) in [5, 5.41) is 0.295. The van der Waals surface area contributed by atoms with Gasteiger partial charge in [-0.3, -0.25) is 4.79 Å². The summed E-state index contributed by atoms with van der Waals surface area (Å²) in [6, 6.07) is 5.76. The summed E-state index contributed by atoms with van der Waals surface area (Å²) in [5.74, 6) is -0.839. The van der Waals surface area contributed by atoms with Gasteiger partial charge in [0.25, 0.3) is 5.91 Å². The number of anilines is 1. The fourth-order valence-electron chi connectivity index (χ4n) is 1.67. The zero-order valence-electron chi connectivity index (χ0n) is 9.69. The van der Waals surface area contributed by atoms with E-state index in [4.69, 9.17) is 16.0 Å². The van der Waals surface area contributed by atoms with Crippen LogP contribution in [0.15, 0.2) is 41.2 Å². The minimum absolute atomic E-state index is 0.202. The van der Waals surface area contributed by atoms with E-state index in [2.05, 4.69) is 0 Å². The smallest absolute Gasteiger partial charge is 0.261 e. The lowest BCUT2D eigenvalue weighted by Crippen LogP contribution is -2.31. The Morgan fingerprint density at radius 3 is 2.78 bits per heavy atom. The lowest BCUT2D eigenvalue weighted by Gasteiger charge is -2.20. The van der Waals surface area contributed by atoms with Gasteiger partial charge in [0.1, 0.15) is 12.1 Å². The molecule has 94 valence electrons. The largest absolute Gasteiger partial charge is 0.472 e. The number of hydrogen-bond donors (Lipinski definition) is 0. The molecule has 0 aliphatic carbocycles. The fraction of sp³-hybridized carbons (Fsp3) is 0.154. The van der Waals surface area contributed by atoms with Crippen molar-refractivity contribution in [3.63, 3.8) is 0 Å². The third-order valence-corrected chi connectivity index (χ3v) is 2.77. The van der Waals surface area contributed by atoms with E-state index in [-0.39, 0.29) is 11.6 Å². The van der Waals surface area contributed by atoms with Crippen LogP contribution in [0.2, 0.25) is 5.02 Å². The van der Waals surface area contributed by atoms with Gasteiger partial charge in [-0.15, -0.1) is 0 Å². The molecule has 0 N–H and O–H groups in total. The Hall–Kier alpha value is -1.81. The van der Waals surface area contributed by atoms with Gasteiger partial charge in [-0.05, 0) is 31.2 Å². The van der Waals surface area contributed by atoms with Crippen LogP contribution < -0.4 is 4.90 Å². The van der Waals surface area contributed by atoms with Crippen molar-refractivity contribution in [1.82, 2.24) is 0 Å². The predicted octanol–water partition coefficient (Wildman–Crippen LogP) is 3.74. The SMILES string of the molecule is CCN(C(=O)c1ccoc1)c1ccc(Cl)cc1F. The number of carbonyl (C=O) groups excluding carboxylic acids is 1. The molecule has 18 heavy (non-hydrogen) atoms. The van der Waals surface area contributed by atoms with Crippen LogP contribution in [0.1, 0.15) is 17.3 Å². The molecule has 0 aliphatic rings. The zero-order chi connectivity index (χ0) is 13.1. The van der Waals surface area contributed by atoms with Crippen LogP contribution in [0.4, 0.5) is 10.1 Å². The monoisotopic (exact) mass is 267 g/mol. The molecule has 1 aromatic carbocycles. The molecule has 1 aromatic heterocycles. The topological polar surface area (TPSA) is 33.5 Å². The molecule has 2 aromatic rings. The highest BCUT2D eigenvalue weighted by Crippen LogP contribution is 2.24. The van der Waals surface area contributed by atoms with Crippen molar-refractivity contribution in [1.29, 1.82) is 0 Å². The zero-order valence-corrected chi connectivity index (χ0v) is 10.4. The molecule has 0 bridgehead atoms. The molecule has 1 heterocycles. The van der Waals surface area contributed by atoms with Gasteiger partial charge in [0.15, 0.2) is 0 Å². The van der Waals surface area contributed by atoms with Gasteiger partial charge in [-0.2, -0.15) is 0 Å². The first-order valence-corrected chi connectivity index (χ1v) is 5.80. The summed E-state index contributed by atoms with van der Waals surface area (Å²) in [4.78, 5) is 13.5. The van der Waals surface area contributed by atoms with E-state index < -0.39 is 5.82 Å². The Labute approximate surface area is 109 Å². The Morgan fingerprint density at radius 1 is 1.44 bits per heavy atom. The molecule has 0 saturated carbocycles. The fourth-order valence-corrected chi connectivity index (χ4v) is 1.82. The molecule has 0 aliphatic heterocycles. The number of halogens is 2. The van der Waals surface area contributed by atoms with Crippen molar-refractivity contribution in [3.8, 4) is 0 Å². The average Bonchev–Trinajstić information content (AvgIpc) is 2.86. The first-order valence-electron chi connectivity index (χ1n) is 5.42. The highest BCUT2D eigenvalue weighted by Gasteiger charge is 2.19. The number of nitrogens with zero attached hydrogens (tertiary/aromatic N) is 1. The molecule has 0 spiro atoms. The summed E-state index contributed by atoms with van der Waals surface area (Å²) in [6.45, 7) is 2.12. The first kappa shape index (κ1) is 12.6. The Morgan fingerprint density at radius 2 is 2.22 bits per heavy atom. The van der Waals surface area contributed by atoms with Gasteiger partial charge in [-0.1, -0.05) is 11.6 Å². The Balaban J connectivity index is 2.36. The van der Waals surface area contributed by atoms with Crippen molar-refractivity contribution in [2.45, 2.75) is 6.92 Å². The molecule has 0 radical (unpaired) electrons. The summed E-state index contributed by atoms with van der Waals surface area (Å²) in [7, 11) is 0. The Kier molecular flexibility index (Phi) is 3.67. The molecule has 0 unspecified atom stereocenters. The molecule has 2 rings (SSSR count). The van der Waals surface area contributed by atoms with Crippen molar-refractivity contribution >= 4 is 23.2 Å². The maximum Gasteiger partial charge on any atom is 0.261 e. The van der Waals surface area contributed by atoms with E-state index in [1.165, 1.54) is 29.6 Å². The minimum Gasteiger partial charge on any atom is -0.472 e. The average molecular weight is 268 g/mol. The van der Waals surface area contributed by atoms with Crippen LogP contribution in [0.3, 0.4) is 0 Å². The van der Waals surface area contributed by atoms with Gasteiger partial charge in [0.2, 0.25) is 0 Å². The molecule has 3 nitrogen and oxygen atoms in total. The minimum atomic E-state index is -0.527. The standard InChI is InChI=1S/C13H11ClFNO2/c1-2-16(13(17)9-5-6-18-8-9)12-4-3-10(14)7-11(12)15/h3-8H,2H2,1H3. The number of furan rings is 1. The van der Waals surface area contributed by atoms with Gasteiger partial charge in [-0.25, -0.2) is 4.39 Å². The van der Waals surface area contributed by atoms with E-state index in [1.54, 1.807) is 19.1 Å². The first-order chi connectivity index (χ1) is 8.63. The van der Waals surface area contributed by atoms with E-state index in [9.17, 15) is 9.18 Å². The summed E-state index contributed by atoms with van der Waals surface area (Å²) in [6.07, 6.45) is 2.73. The molecule has 1 amide bonds. The van der Waals surface area contributed by atoms with Crippen molar-refractivity contribution in [2.75, 3.05) is 11.4 Å². The summed E-state index contributed by atoms with van der Waals surface area (Å²) in [5.41, 5.74) is 0.583. The van der Waals surface area contributed by atoms with E-state index in [0.717, 1.165) is 0 Å². The highest BCUT2D eigenvalue weighted by molar-refractivity contribution is 6.30. The number of carbonyl (C=O) groups is 1. The number of amides is 1. The van der Waals surface area contributed by atoms with Gasteiger partial charge < -0.3 is 9.32 Å². The highest BCUT2D eigenvalue weighted by atomic mass is 35.5. The summed E-state index contributed by atoms with van der Waals surface area (Å²) < 4.78 is 18.6. The van der Waals surface area contributed by atoms with Crippen LogP contribution in [0, 0.1) is 5.82 Å². The van der Waals surface area contributed by atoms with E-state index in [1.807, 2.05) is 0 Å². The number of rotatable bonds is 3. The lowest BCUT2D eigenvalue weighted by molar-refractivity contribution is 0.0987. The molecular weight excluding hydrogens is 257 g/mol. The van der Waals surface area contributed by atoms with Gasteiger partial charge >= 0.3 is 0 Å². The Bertz CT molecular complexity index is 554. The summed E-state index contributed by atoms with van der Waals surface area (Å²) >= 11 is 5.69. The molecule has 5 heteroatoms. The molecule has 0 fully saturated rings. The second-order valence-electron chi connectivity index (χ2n) is 3.66. The predicted molar refractivity (Wildman–Crippen MR) is 67.5 cm³/mol. The lowest BCUT2D eigenvalue weighted by atomic mass is 10.2. The van der Waals surface area contributed by atoms with Gasteiger partial charge in [0, 0.05) is 11.6 Å². The molecular formula is C13H11ClFNO2. The third-order valence-electron chi connectivity index (χ3n) is 2.53. The van der Waals surface area contributed by atoms with Crippen LogP contribution in [0.25, 0.3) is 0 Å². The normalized spacial score (nSPS) is 10.4. The van der Waals surface area contributed by atoms with Crippen molar-refractivity contribution in [2.24, 2.45) is 0 Å². The number of benzene rings is 1. The van der Waals surface area contributed by atoms with Gasteiger partial charge in [0.05, 0.1) is 17.5 Å². The van der Waals surface area contributed by atoms with Crippen molar-refractivity contribution in [3.05, 3.63) is 53.2 Å². The van der Waals surface area contributed by atoms with Crippen LogP contribution >= 0.6 is 11.6 Å². The van der Waals surface area contributed by atoms with Crippen molar-refractivity contribution < 1.29 is 13.6 Å². The molecule has 0 saturated heterocycles. The van der Waals surface area contributed by atoms with Crippen LogP contribution in [0.5, 0.6) is 0 Å². The third kappa shape index (κ3) is 2.38. The number of hydrogen-bond acceptors (Lipinski definition) is 2. The second kappa shape index (κ2) is 5.23. The van der Waals surface area contributed by atoms with Crippen LogP contribution in [-0.4, -0.2) is 12.5 Å². The maximum absolute atomic E-state index is 13.8. The maximum atomic E-state index is 13.8. The molecule has 0 atom stereocenters. The quantitative estimate of drug-likeness (QED) is 0.849. The van der Waals surface area contributed by atoms with Crippen LogP contribution in [-0.2, 0) is 0 Å². The van der Waals surface area contributed by atoms with E-state index in [0.29, 0.717) is 17.1 Å².